The molecule has 0 aliphatic heterocycles. The van der Waals surface area contributed by atoms with Gasteiger partial charge in [0, 0.05) is 40.7 Å². The van der Waals surface area contributed by atoms with Gasteiger partial charge in [0.2, 0.25) is 0 Å². The van der Waals surface area contributed by atoms with Gasteiger partial charge in [-0.3, -0.25) is 5.32 Å². The summed E-state index contributed by atoms with van der Waals surface area (Å²) in [5.74, 6) is 0.675. The highest BCUT2D eigenvalue weighted by Gasteiger charge is 2.27. The first-order valence-electron chi connectivity index (χ1n) is 9.62. The van der Waals surface area contributed by atoms with Gasteiger partial charge in [0.25, 0.3) is 0 Å². The van der Waals surface area contributed by atoms with Gasteiger partial charge in [0.15, 0.2) is 0 Å². The van der Waals surface area contributed by atoms with Crippen molar-refractivity contribution in [2.24, 2.45) is 0 Å². The van der Waals surface area contributed by atoms with Gasteiger partial charge in [-0.15, -0.1) is 0 Å². The predicted molar refractivity (Wildman–Crippen MR) is 109 cm³/mol. The Bertz CT molecular complexity index is 1150. The van der Waals surface area contributed by atoms with Gasteiger partial charge in [-0.2, -0.15) is 5.26 Å². The molecule has 1 aliphatic carbocycles. The number of aromatic amines is 1. The molecule has 0 amide bonds. The number of nitrogens with one attached hydrogen (secondary N) is 2. The summed E-state index contributed by atoms with van der Waals surface area (Å²) >= 11 is 0. The standard InChI is InChI=1S/C23H22N4/c24-12-16-5-8-23-20(11-16)21(17-6-7-17)14-27(23)15-25-10-9-18-13-26-22-4-2-1-3-19(18)22/h1-5,8,11,13-14,17,25-26H,6-7,9-10,15H2. The van der Waals surface area contributed by atoms with Crippen molar-refractivity contribution in [3.05, 3.63) is 71.5 Å². The fraction of sp³-hybridized carbons (Fsp3) is 0.261. The Morgan fingerprint density at radius 3 is 2.89 bits per heavy atom. The number of hydrogen-bond donors (Lipinski definition) is 2. The third-order valence-electron chi connectivity index (χ3n) is 5.59. The Morgan fingerprint density at radius 2 is 2.04 bits per heavy atom. The highest BCUT2D eigenvalue weighted by Crippen LogP contribution is 2.44. The van der Waals surface area contributed by atoms with Gasteiger partial charge >= 0.3 is 0 Å². The topological polar surface area (TPSA) is 56.5 Å². The van der Waals surface area contributed by atoms with E-state index in [0.29, 0.717) is 5.92 Å². The van der Waals surface area contributed by atoms with Crippen molar-refractivity contribution in [3.63, 3.8) is 0 Å². The number of rotatable bonds is 6. The molecule has 2 heterocycles. The molecule has 4 nitrogen and oxygen atoms in total. The fourth-order valence-electron chi connectivity index (χ4n) is 4.01. The minimum Gasteiger partial charge on any atom is -0.361 e. The average Bonchev–Trinajstić information content (AvgIpc) is 3.38. The van der Waals surface area contributed by atoms with Crippen LogP contribution in [0.4, 0.5) is 0 Å². The van der Waals surface area contributed by atoms with Crippen LogP contribution in [0, 0.1) is 11.3 Å². The SMILES string of the molecule is N#Cc1ccc2c(c1)c(C1CC1)cn2CNCCc1c[nH]c2ccccc12. The number of hydrogen-bond acceptors (Lipinski definition) is 2. The van der Waals surface area contributed by atoms with Gasteiger partial charge in [0.05, 0.1) is 18.3 Å². The van der Waals surface area contributed by atoms with Crippen molar-refractivity contribution in [3.8, 4) is 6.07 Å². The highest BCUT2D eigenvalue weighted by atomic mass is 15.1. The van der Waals surface area contributed by atoms with Gasteiger partial charge in [-0.05, 0) is 60.6 Å². The minimum atomic E-state index is 0.675. The monoisotopic (exact) mass is 354 g/mol. The Labute approximate surface area is 158 Å². The van der Waals surface area contributed by atoms with Crippen LogP contribution < -0.4 is 5.32 Å². The van der Waals surface area contributed by atoms with E-state index < -0.39 is 0 Å². The molecule has 1 saturated carbocycles. The first-order valence-corrected chi connectivity index (χ1v) is 9.62. The molecule has 2 aromatic heterocycles. The van der Waals surface area contributed by atoms with E-state index in [2.05, 4.69) is 63.7 Å². The van der Waals surface area contributed by atoms with Crippen LogP contribution in [0.1, 0.15) is 35.4 Å². The summed E-state index contributed by atoms with van der Waals surface area (Å²) in [6.45, 7) is 1.72. The summed E-state index contributed by atoms with van der Waals surface area (Å²) in [4.78, 5) is 3.35. The Balaban J connectivity index is 1.31. The molecule has 4 aromatic rings. The number of para-hydroxylation sites is 1. The molecule has 0 atom stereocenters. The summed E-state index contributed by atoms with van der Waals surface area (Å²) in [5.41, 5.74) is 5.92. The van der Waals surface area contributed by atoms with Crippen molar-refractivity contribution in [2.45, 2.75) is 31.8 Å². The maximum atomic E-state index is 9.22. The summed E-state index contributed by atoms with van der Waals surface area (Å²) in [5, 5.41) is 15.4. The lowest BCUT2D eigenvalue weighted by atomic mass is 10.1. The smallest absolute Gasteiger partial charge is 0.0991 e. The second-order valence-corrected chi connectivity index (χ2v) is 7.44. The lowest BCUT2D eigenvalue weighted by molar-refractivity contribution is 0.573. The number of aromatic nitrogens is 2. The van der Waals surface area contributed by atoms with Crippen LogP contribution in [0.5, 0.6) is 0 Å². The van der Waals surface area contributed by atoms with Crippen molar-refractivity contribution in [2.75, 3.05) is 6.54 Å². The van der Waals surface area contributed by atoms with Crippen LogP contribution in [0.2, 0.25) is 0 Å². The molecule has 27 heavy (non-hydrogen) atoms. The lowest BCUT2D eigenvalue weighted by Gasteiger charge is -2.07. The number of nitrogens with zero attached hydrogens (tertiary/aromatic N) is 2. The zero-order valence-electron chi connectivity index (χ0n) is 15.2. The molecule has 0 bridgehead atoms. The number of H-pyrrole nitrogens is 1. The average molecular weight is 354 g/mol. The minimum absolute atomic E-state index is 0.675. The van der Waals surface area contributed by atoms with Crippen molar-refractivity contribution in [1.29, 1.82) is 5.26 Å². The van der Waals surface area contributed by atoms with Gasteiger partial charge < -0.3 is 9.55 Å². The molecule has 0 radical (unpaired) electrons. The molecular weight excluding hydrogens is 332 g/mol. The zero-order chi connectivity index (χ0) is 18.2. The van der Waals surface area contributed by atoms with E-state index in [1.807, 2.05) is 12.1 Å². The van der Waals surface area contributed by atoms with Crippen LogP contribution in [0.3, 0.4) is 0 Å². The Morgan fingerprint density at radius 1 is 1.15 bits per heavy atom. The number of benzene rings is 2. The third kappa shape index (κ3) is 3.01. The molecule has 0 unspecified atom stereocenters. The van der Waals surface area contributed by atoms with Crippen molar-refractivity contribution >= 4 is 21.8 Å². The first-order chi connectivity index (χ1) is 13.3. The zero-order valence-corrected chi connectivity index (χ0v) is 15.2. The molecule has 1 fully saturated rings. The number of fused-ring (bicyclic) bond motifs is 2. The fourth-order valence-corrected chi connectivity index (χ4v) is 4.01. The summed E-state index contributed by atoms with van der Waals surface area (Å²) in [6, 6.07) is 16.8. The quantitative estimate of drug-likeness (QED) is 0.495. The van der Waals surface area contributed by atoms with Crippen LogP contribution in [0.15, 0.2) is 54.9 Å². The van der Waals surface area contributed by atoms with Crippen LogP contribution >= 0.6 is 0 Å². The molecule has 2 N–H and O–H groups in total. The van der Waals surface area contributed by atoms with Crippen molar-refractivity contribution < 1.29 is 0 Å². The van der Waals surface area contributed by atoms with E-state index in [0.717, 1.165) is 25.2 Å². The van der Waals surface area contributed by atoms with E-state index >= 15 is 0 Å². The van der Waals surface area contributed by atoms with E-state index in [4.69, 9.17) is 0 Å². The Hall–Kier alpha value is -3.03. The van der Waals surface area contributed by atoms with Crippen LogP contribution in [-0.4, -0.2) is 16.1 Å². The van der Waals surface area contributed by atoms with Gasteiger partial charge in [0.1, 0.15) is 0 Å². The molecule has 5 rings (SSSR count). The lowest BCUT2D eigenvalue weighted by Crippen LogP contribution is -2.20. The predicted octanol–water partition coefficient (Wildman–Crippen LogP) is 4.66. The second-order valence-electron chi connectivity index (χ2n) is 7.44. The summed E-state index contributed by atoms with van der Waals surface area (Å²) in [6.07, 6.45) is 7.93. The van der Waals surface area contributed by atoms with E-state index in [-0.39, 0.29) is 0 Å². The largest absolute Gasteiger partial charge is 0.361 e. The van der Waals surface area contributed by atoms with Crippen molar-refractivity contribution in [1.82, 2.24) is 14.9 Å². The molecule has 0 saturated heterocycles. The van der Waals surface area contributed by atoms with Crippen LogP contribution in [0.25, 0.3) is 21.8 Å². The molecule has 4 heteroatoms. The number of nitriles is 1. The van der Waals surface area contributed by atoms with E-state index in [9.17, 15) is 5.26 Å². The first kappa shape index (κ1) is 16.2. The molecule has 134 valence electrons. The van der Waals surface area contributed by atoms with Gasteiger partial charge in [-0.25, -0.2) is 0 Å². The van der Waals surface area contributed by atoms with Gasteiger partial charge in [-0.1, -0.05) is 18.2 Å². The second kappa shape index (κ2) is 6.61. The normalized spacial score (nSPS) is 14.0. The maximum Gasteiger partial charge on any atom is 0.0991 e. The molecule has 1 aliphatic rings. The summed E-state index contributed by atoms with van der Waals surface area (Å²) < 4.78 is 2.29. The maximum absolute atomic E-state index is 9.22. The van der Waals surface area contributed by atoms with E-state index in [1.54, 1.807) is 0 Å². The molecule has 2 aromatic carbocycles. The molecular formula is C23H22N4. The summed E-state index contributed by atoms with van der Waals surface area (Å²) in [7, 11) is 0. The molecule has 0 spiro atoms. The van der Waals surface area contributed by atoms with E-state index in [1.165, 1.54) is 45.8 Å². The third-order valence-corrected chi connectivity index (χ3v) is 5.59. The van der Waals surface area contributed by atoms with Crippen LogP contribution in [-0.2, 0) is 13.1 Å². The Kier molecular flexibility index (Phi) is 3.95. The highest BCUT2D eigenvalue weighted by molar-refractivity contribution is 5.86.